The number of imidazole rings is 1. The highest BCUT2D eigenvalue weighted by molar-refractivity contribution is 5.68. The number of allylic oxidation sites excluding steroid dienone is 2. The first-order chi connectivity index (χ1) is 11.3. The Kier molecular flexibility index (Phi) is 2.99. The summed E-state index contributed by atoms with van der Waals surface area (Å²) in [6.45, 7) is 0. The topological polar surface area (TPSA) is 38.1 Å². The van der Waals surface area contributed by atoms with Gasteiger partial charge in [0, 0.05) is 5.56 Å². The minimum atomic E-state index is -0.237. The summed E-state index contributed by atoms with van der Waals surface area (Å²) in [7, 11) is 0. The molecule has 1 fully saturated rings. The summed E-state index contributed by atoms with van der Waals surface area (Å²) < 4.78 is 2.24. The predicted octanol–water partition coefficient (Wildman–Crippen LogP) is 3.81. The second-order valence-corrected chi connectivity index (χ2v) is 7.38. The van der Waals surface area contributed by atoms with Crippen LogP contribution in [0.4, 0.5) is 0 Å². The summed E-state index contributed by atoms with van der Waals surface area (Å²) in [6, 6.07) is 8.78. The number of benzene rings is 1. The molecule has 1 N–H and O–H groups in total. The SMILES string of the molecule is OC(CC1c2ccccc2-c2cncn21)C1CC2C=CC1CC2. The largest absolute Gasteiger partial charge is 0.393 e. The molecule has 0 radical (unpaired) electrons. The first-order valence-electron chi connectivity index (χ1n) is 8.79. The van der Waals surface area contributed by atoms with Gasteiger partial charge in [-0.25, -0.2) is 4.98 Å². The molecule has 0 saturated heterocycles. The van der Waals surface area contributed by atoms with Crippen molar-refractivity contribution in [2.24, 2.45) is 17.8 Å². The molecule has 1 aliphatic heterocycles. The third-order valence-corrected chi connectivity index (χ3v) is 6.18. The lowest BCUT2D eigenvalue weighted by Gasteiger charge is -2.41. The van der Waals surface area contributed by atoms with Gasteiger partial charge in [-0.2, -0.15) is 0 Å². The monoisotopic (exact) mass is 306 g/mol. The molecule has 118 valence electrons. The van der Waals surface area contributed by atoms with E-state index in [0.29, 0.717) is 17.8 Å². The summed E-state index contributed by atoms with van der Waals surface area (Å²) in [5, 5.41) is 11.0. The summed E-state index contributed by atoms with van der Waals surface area (Å²) in [5.41, 5.74) is 3.79. The van der Waals surface area contributed by atoms with Crippen LogP contribution in [-0.2, 0) is 0 Å². The molecular formula is C20H22N2O. The Hall–Kier alpha value is -1.87. The van der Waals surface area contributed by atoms with E-state index in [4.69, 9.17) is 0 Å². The van der Waals surface area contributed by atoms with Gasteiger partial charge in [0.2, 0.25) is 0 Å². The van der Waals surface area contributed by atoms with E-state index in [2.05, 4.69) is 46.0 Å². The summed E-state index contributed by atoms with van der Waals surface area (Å²) in [6.07, 6.45) is 12.9. The number of nitrogens with zero attached hydrogens (tertiary/aromatic N) is 2. The third-order valence-electron chi connectivity index (χ3n) is 6.18. The highest BCUT2D eigenvalue weighted by Crippen LogP contribution is 2.46. The molecule has 5 unspecified atom stereocenters. The fourth-order valence-electron chi connectivity index (χ4n) is 5.00. The van der Waals surface area contributed by atoms with E-state index in [-0.39, 0.29) is 12.1 Å². The molecule has 1 aromatic carbocycles. The number of rotatable bonds is 3. The van der Waals surface area contributed by atoms with Gasteiger partial charge in [-0.3, -0.25) is 0 Å². The normalized spacial score (nSPS) is 31.9. The van der Waals surface area contributed by atoms with E-state index in [1.54, 1.807) is 0 Å². The zero-order chi connectivity index (χ0) is 15.4. The molecule has 2 heterocycles. The predicted molar refractivity (Wildman–Crippen MR) is 89.9 cm³/mol. The lowest BCUT2D eigenvalue weighted by atomic mass is 9.66. The lowest BCUT2D eigenvalue weighted by molar-refractivity contribution is 0.0330. The van der Waals surface area contributed by atoms with Crippen LogP contribution in [-0.4, -0.2) is 20.8 Å². The van der Waals surface area contributed by atoms with Crippen LogP contribution in [0.25, 0.3) is 11.3 Å². The van der Waals surface area contributed by atoms with E-state index in [1.807, 2.05) is 12.5 Å². The lowest BCUT2D eigenvalue weighted by Crippen LogP contribution is -2.36. The molecule has 3 nitrogen and oxygen atoms in total. The molecular weight excluding hydrogens is 284 g/mol. The van der Waals surface area contributed by atoms with Crippen molar-refractivity contribution >= 4 is 0 Å². The van der Waals surface area contributed by atoms with E-state index >= 15 is 0 Å². The fourth-order valence-corrected chi connectivity index (χ4v) is 5.00. The Bertz CT molecular complexity index is 763. The van der Waals surface area contributed by atoms with Gasteiger partial charge >= 0.3 is 0 Å². The van der Waals surface area contributed by atoms with Gasteiger partial charge in [0.1, 0.15) is 0 Å². The van der Waals surface area contributed by atoms with Crippen LogP contribution >= 0.6 is 0 Å². The van der Waals surface area contributed by atoms with Crippen LogP contribution in [0.3, 0.4) is 0 Å². The minimum Gasteiger partial charge on any atom is -0.393 e. The van der Waals surface area contributed by atoms with Crippen molar-refractivity contribution in [1.82, 2.24) is 9.55 Å². The standard InChI is InChI=1S/C20H22N2O/c23-20(17-9-13-5-7-14(17)8-6-13)10-18-15-3-1-2-4-16(15)19-11-21-12-22(18)19/h1-5,7,11-14,17-18,20,23H,6,8-10H2. The van der Waals surface area contributed by atoms with Gasteiger partial charge in [0.05, 0.1) is 30.4 Å². The van der Waals surface area contributed by atoms with Crippen LogP contribution in [0, 0.1) is 17.8 Å². The van der Waals surface area contributed by atoms with Gasteiger partial charge in [0.25, 0.3) is 0 Å². The van der Waals surface area contributed by atoms with Crippen LogP contribution < -0.4 is 0 Å². The summed E-state index contributed by atoms with van der Waals surface area (Å²) >= 11 is 0. The highest BCUT2D eigenvalue weighted by atomic mass is 16.3. The molecule has 4 aliphatic rings. The van der Waals surface area contributed by atoms with Crippen molar-refractivity contribution in [3.8, 4) is 11.3 Å². The number of fused-ring (bicyclic) bond motifs is 5. The van der Waals surface area contributed by atoms with Crippen molar-refractivity contribution < 1.29 is 5.11 Å². The molecule has 1 aromatic heterocycles. The Balaban J connectivity index is 1.44. The molecule has 1 saturated carbocycles. The average molecular weight is 306 g/mol. The van der Waals surface area contributed by atoms with Crippen LogP contribution in [0.5, 0.6) is 0 Å². The van der Waals surface area contributed by atoms with E-state index < -0.39 is 0 Å². The van der Waals surface area contributed by atoms with Gasteiger partial charge in [0.15, 0.2) is 0 Å². The summed E-state index contributed by atoms with van der Waals surface area (Å²) in [5.74, 6) is 1.70. The molecule has 5 atom stereocenters. The van der Waals surface area contributed by atoms with Crippen LogP contribution in [0.2, 0.25) is 0 Å². The first-order valence-corrected chi connectivity index (χ1v) is 8.79. The van der Waals surface area contributed by atoms with Crippen molar-refractivity contribution in [2.45, 2.75) is 37.8 Å². The maximum absolute atomic E-state index is 11.0. The molecule has 3 heteroatoms. The Morgan fingerprint density at radius 2 is 2.13 bits per heavy atom. The van der Waals surface area contributed by atoms with Crippen LogP contribution in [0.15, 0.2) is 48.9 Å². The molecule has 0 spiro atoms. The van der Waals surface area contributed by atoms with Crippen molar-refractivity contribution in [3.05, 3.63) is 54.5 Å². The maximum Gasteiger partial charge on any atom is 0.0956 e. The Morgan fingerprint density at radius 1 is 1.22 bits per heavy atom. The van der Waals surface area contributed by atoms with Crippen LogP contribution in [0.1, 0.15) is 37.3 Å². The number of hydrogen-bond acceptors (Lipinski definition) is 2. The second-order valence-electron chi connectivity index (χ2n) is 7.38. The minimum absolute atomic E-state index is 0.225. The quantitative estimate of drug-likeness (QED) is 0.876. The zero-order valence-electron chi connectivity index (χ0n) is 13.2. The zero-order valence-corrected chi connectivity index (χ0v) is 13.2. The van der Waals surface area contributed by atoms with Gasteiger partial charge in [-0.1, -0.05) is 36.4 Å². The molecule has 2 aromatic rings. The number of aliphatic hydroxyl groups is 1. The average Bonchev–Trinajstić information content (AvgIpc) is 3.19. The third kappa shape index (κ3) is 2.03. The molecule has 23 heavy (non-hydrogen) atoms. The maximum atomic E-state index is 11.0. The molecule has 2 bridgehead atoms. The highest BCUT2D eigenvalue weighted by Gasteiger charge is 2.38. The van der Waals surface area contributed by atoms with Gasteiger partial charge in [-0.15, -0.1) is 0 Å². The summed E-state index contributed by atoms with van der Waals surface area (Å²) in [4.78, 5) is 4.32. The Morgan fingerprint density at radius 3 is 2.91 bits per heavy atom. The number of aliphatic hydroxyl groups excluding tert-OH is 1. The molecule has 6 rings (SSSR count). The van der Waals surface area contributed by atoms with Crippen molar-refractivity contribution in [3.63, 3.8) is 0 Å². The van der Waals surface area contributed by atoms with E-state index in [0.717, 1.165) is 12.8 Å². The number of aromatic nitrogens is 2. The fraction of sp³-hybridized carbons (Fsp3) is 0.450. The smallest absolute Gasteiger partial charge is 0.0956 e. The number of hydrogen-bond donors (Lipinski definition) is 1. The molecule has 3 aliphatic carbocycles. The van der Waals surface area contributed by atoms with Crippen molar-refractivity contribution in [1.29, 1.82) is 0 Å². The Labute approximate surface area is 136 Å². The van der Waals surface area contributed by atoms with Gasteiger partial charge < -0.3 is 9.67 Å². The van der Waals surface area contributed by atoms with Crippen molar-refractivity contribution in [2.75, 3.05) is 0 Å². The first kappa shape index (κ1) is 13.6. The molecule has 0 amide bonds. The van der Waals surface area contributed by atoms with E-state index in [9.17, 15) is 5.11 Å². The van der Waals surface area contributed by atoms with E-state index in [1.165, 1.54) is 29.7 Å². The van der Waals surface area contributed by atoms with Gasteiger partial charge in [-0.05, 0) is 49.0 Å². The second kappa shape index (κ2) is 5.07.